The Morgan fingerprint density at radius 3 is 2.29 bits per heavy atom. The summed E-state index contributed by atoms with van der Waals surface area (Å²) in [4.78, 5) is 44.1. The number of nitrogens with zero attached hydrogens (tertiary/aromatic N) is 2. The van der Waals surface area contributed by atoms with Crippen molar-refractivity contribution in [1.82, 2.24) is 20.4 Å². The van der Waals surface area contributed by atoms with Gasteiger partial charge in [0.15, 0.2) is 15.6 Å². The van der Waals surface area contributed by atoms with Crippen LogP contribution in [0.25, 0.3) is 0 Å². The maximum Gasteiger partial charge on any atom is 0.325 e. The number of benzene rings is 2. The van der Waals surface area contributed by atoms with Gasteiger partial charge in [-0.15, -0.1) is 12.4 Å². The SMILES string of the molecule is CS(=O)(=O)c1ccc(CN2C(=O)NC3(CCN(C(C(=O)CC4CC4)[C@@H]4CNC[C@@H]4c4ccccc4)CC3)C2=O)cc1.Cl. The van der Waals surface area contributed by atoms with Crippen LogP contribution in [0.15, 0.2) is 59.5 Å². The van der Waals surface area contributed by atoms with Crippen LogP contribution >= 0.6 is 12.4 Å². The Hall–Kier alpha value is -2.79. The van der Waals surface area contributed by atoms with E-state index in [0.717, 1.165) is 32.2 Å². The van der Waals surface area contributed by atoms with Crippen molar-refractivity contribution in [2.45, 2.75) is 61.0 Å². The molecule has 0 radical (unpaired) electrons. The molecule has 226 valence electrons. The van der Waals surface area contributed by atoms with Crippen LogP contribution < -0.4 is 10.6 Å². The zero-order valence-electron chi connectivity index (χ0n) is 23.8. The number of hydrogen-bond acceptors (Lipinski definition) is 7. The van der Waals surface area contributed by atoms with E-state index >= 15 is 0 Å². The first-order chi connectivity index (χ1) is 19.6. The van der Waals surface area contributed by atoms with E-state index in [1.807, 2.05) is 6.07 Å². The summed E-state index contributed by atoms with van der Waals surface area (Å²) in [5.41, 5.74) is 0.956. The van der Waals surface area contributed by atoms with Gasteiger partial charge in [-0.25, -0.2) is 13.2 Å². The van der Waals surface area contributed by atoms with Gasteiger partial charge in [-0.1, -0.05) is 42.5 Å². The molecule has 9 nitrogen and oxygen atoms in total. The second-order valence-electron chi connectivity index (χ2n) is 12.3. The fraction of sp³-hybridized carbons (Fsp3) is 0.516. The molecule has 6 rings (SSSR count). The molecule has 3 atom stereocenters. The third kappa shape index (κ3) is 6.13. The highest BCUT2D eigenvalue weighted by atomic mass is 35.5. The molecule has 1 spiro atoms. The Morgan fingerprint density at radius 1 is 1.00 bits per heavy atom. The van der Waals surface area contributed by atoms with E-state index in [9.17, 15) is 22.8 Å². The van der Waals surface area contributed by atoms with Gasteiger partial charge in [0.25, 0.3) is 5.91 Å². The average molecular weight is 615 g/mol. The van der Waals surface area contributed by atoms with E-state index in [4.69, 9.17) is 0 Å². The standard InChI is InChI=1S/C31H38N4O5S.ClH/c1-41(39,40)24-11-9-22(10-12-24)20-35-29(37)31(33-30(35)38)13-15-34(16-14-31)28(27(36)17-21-7-8-21)26-19-32-18-25(26)23-5-3-2-4-6-23;/h2-6,9-12,21,25-26,28,32H,7-8,13-20H2,1H3,(H,33,38);1H/t25-,26-,28?;/m1./s1. The summed E-state index contributed by atoms with van der Waals surface area (Å²) in [5.74, 6) is 0.955. The number of sulfone groups is 1. The zero-order valence-corrected chi connectivity index (χ0v) is 25.5. The maximum absolute atomic E-state index is 13.8. The van der Waals surface area contributed by atoms with E-state index < -0.39 is 21.4 Å². The molecular weight excluding hydrogens is 576 g/mol. The monoisotopic (exact) mass is 614 g/mol. The fourth-order valence-corrected chi connectivity index (χ4v) is 7.53. The Bertz CT molecular complexity index is 1420. The molecule has 3 aliphatic heterocycles. The lowest BCUT2D eigenvalue weighted by molar-refractivity contribution is -0.134. The zero-order chi connectivity index (χ0) is 28.8. The molecule has 1 unspecified atom stereocenters. The number of hydrogen-bond donors (Lipinski definition) is 2. The number of rotatable bonds is 9. The molecule has 3 amide bonds. The average Bonchev–Trinajstić information content (AvgIpc) is 3.59. The maximum atomic E-state index is 13.8. The summed E-state index contributed by atoms with van der Waals surface area (Å²) in [6.07, 6.45) is 4.91. The van der Waals surface area contributed by atoms with Crippen molar-refractivity contribution in [3.63, 3.8) is 0 Å². The van der Waals surface area contributed by atoms with E-state index in [0.29, 0.717) is 49.6 Å². The van der Waals surface area contributed by atoms with E-state index in [2.05, 4.69) is 39.8 Å². The fourth-order valence-electron chi connectivity index (χ4n) is 6.90. The number of piperidine rings is 1. The molecule has 2 N–H and O–H groups in total. The van der Waals surface area contributed by atoms with Crippen molar-refractivity contribution in [2.75, 3.05) is 32.4 Å². The molecular formula is C31H39ClN4O5S. The van der Waals surface area contributed by atoms with Crippen LogP contribution in [0, 0.1) is 11.8 Å². The molecule has 1 aliphatic carbocycles. The second-order valence-corrected chi connectivity index (χ2v) is 14.3. The molecule has 3 saturated heterocycles. The van der Waals surface area contributed by atoms with Crippen molar-refractivity contribution in [3.05, 3.63) is 65.7 Å². The molecule has 3 heterocycles. The minimum absolute atomic E-state index is 0. The quantitative estimate of drug-likeness (QED) is 0.417. The lowest BCUT2D eigenvalue weighted by Crippen LogP contribution is -2.59. The molecule has 4 aliphatic rings. The van der Waals surface area contributed by atoms with Gasteiger partial charge in [0.05, 0.1) is 17.5 Å². The summed E-state index contributed by atoms with van der Waals surface area (Å²) < 4.78 is 23.6. The van der Waals surface area contributed by atoms with Crippen LogP contribution in [0.1, 0.15) is 49.1 Å². The molecule has 11 heteroatoms. The molecule has 1 saturated carbocycles. The first kappa shape index (κ1) is 30.7. The molecule has 42 heavy (non-hydrogen) atoms. The van der Waals surface area contributed by atoms with E-state index in [1.54, 1.807) is 12.1 Å². The van der Waals surface area contributed by atoms with Crippen LogP contribution in [0.3, 0.4) is 0 Å². The van der Waals surface area contributed by atoms with Gasteiger partial charge in [-0.05, 0) is 54.9 Å². The Kier molecular flexibility index (Phi) is 8.81. The van der Waals surface area contributed by atoms with Gasteiger partial charge in [0, 0.05) is 50.7 Å². The summed E-state index contributed by atoms with van der Waals surface area (Å²) >= 11 is 0. The van der Waals surface area contributed by atoms with Crippen LogP contribution in [-0.2, 0) is 26.0 Å². The normalized spacial score (nSPS) is 24.8. The van der Waals surface area contributed by atoms with Crippen LogP contribution in [-0.4, -0.2) is 80.0 Å². The Balaban J connectivity index is 0.00000353. The van der Waals surface area contributed by atoms with E-state index in [1.165, 1.54) is 22.6 Å². The van der Waals surface area contributed by atoms with E-state index in [-0.39, 0.29) is 47.6 Å². The van der Waals surface area contributed by atoms with Crippen molar-refractivity contribution in [2.24, 2.45) is 11.8 Å². The summed E-state index contributed by atoms with van der Waals surface area (Å²) in [6, 6.07) is 16.0. The number of imide groups is 1. The van der Waals surface area contributed by atoms with Crippen molar-refractivity contribution >= 4 is 40.0 Å². The van der Waals surface area contributed by atoms with Gasteiger partial charge in [-0.3, -0.25) is 19.4 Å². The van der Waals surface area contributed by atoms with Gasteiger partial charge >= 0.3 is 6.03 Å². The van der Waals surface area contributed by atoms with Gasteiger partial charge in [-0.2, -0.15) is 0 Å². The third-order valence-electron chi connectivity index (χ3n) is 9.39. The number of ketones is 1. The number of Topliss-reactive ketones (excluding diaryl/α,β-unsaturated/α-hetero) is 1. The lowest BCUT2D eigenvalue weighted by atomic mass is 9.78. The highest BCUT2D eigenvalue weighted by Gasteiger charge is 2.54. The number of urea groups is 1. The minimum atomic E-state index is -3.33. The molecule has 0 bridgehead atoms. The molecule has 2 aromatic rings. The predicted octanol–water partition coefficient (Wildman–Crippen LogP) is 3.14. The number of carbonyl (C=O) groups excluding carboxylic acids is 3. The third-order valence-corrected chi connectivity index (χ3v) is 10.5. The first-order valence-corrected chi connectivity index (χ1v) is 16.5. The molecule has 2 aromatic carbocycles. The van der Waals surface area contributed by atoms with Crippen LogP contribution in [0.4, 0.5) is 4.79 Å². The highest BCUT2D eigenvalue weighted by Crippen LogP contribution is 2.40. The first-order valence-electron chi connectivity index (χ1n) is 14.6. The van der Waals surface area contributed by atoms with Crippen molar-refractivity contribution in [1.29, 1.82) is 0 Å². The van der Waals surface area contributed by atoms with Gasteiger partial charge in [0.2, 0.25) is 0 Å². The highest BCUT2D eigenvalue weighted by molar-refractivity contribution is 7.90. The Morgan fingerprint density at radius 2 is 1.67 bits per heavy atom. The van der Waals surface area contributed by atoms with Gasteiger partial charge in [0.1, 0.15) is 5.54 Å². The van der Waals surface area contributed by atoms with Gasteiger partial charge < -0.3 is 10.6 Å². The number of amides is 3. The minimum Gasteiger partial charge on any atom is -0.323 e. The number of nitrogens with one attached hydrogen (secondary N) is 2. The van der Waals surface area contributed by atoms with Crippen molar-refractivity contribution in [3.8, 4) is 0 Å². The number of carbonyl (C=O) groups is 3. The lowest BCUT2D eigenvalue weighted by Gasteiger charge is -2.43. The smallest absolute Gasteiger partial charge is 0.323 e. The predicted molar refractivity (Wildman–Crippen MR) is 161 cm³/mol. The summed E-state index contributed by atoms with van der Waals surface area (Å²) in [5, 5.41) is 6.51. The molecule has 0 aromatic heterocycles. The second kappa shape index (κ2) is 12.1. The summed E-state index contributed by atoms with van der Waals surface area (Å²) in [7, 11) is -3.33. The topological polar surface area (TPSA) is 116 Å². The Labute approximate surface area is 253 Å². The number of likely N-dealkylation sites (tertiary alicyclic amines) is 1. The number of halogens is 1. The van der Waals surface area contributed by atoms with Crippen LogP contribution in [0.2, 0.25) is 0 Å². The van der Waals surface area contributed by atoms with Crippen molar-refractivity contribution < 1.29 is 22.8 Å². The largest absolute Gasteiger partial charge is 0.325 e. The summed E-state index contributed by atoms with van der Waals surface area (Å²) in [6.45, 7) is 2.82. The van der Waals surface area contributed by atoms with Crippen LogP contribution in [0.5, 0.6) is 0 Å². The molecule has 4 fully saturated rings.